The normalized spacial score (nSPS) is 11.6. The van der Waals surface area contributed by atoms with E-state index in [4.69, 9.17) is 20.8 Å². The number of halogens is 5. The lowest BCUT2D eigenvalue weighted by molar-refractivity contribution is -0.139. The topological polar surface area (TPSA) is 22.4 Å². The van der Waals surface area contributed by atoms with Crippen molar-refractivity contribution in [2.75, 3.05) is 0 Å². The second-order valence-corrected chi connectivity index (χ2v) is 6.58. The number of rotatable bonds is 4. The van der Waals surface area contributed by atoms with Crippen molar-refractivity contribution in [2.24, 2.45) is 0 Å². The average Bonchev–Trinajstić information content (AvgIpc) is 2.99. The van der Waals surface area contributed by atoms with Gasteiger partial charge in [-0.3, -0.25) is 0 Å². The highest BCUT2D eigenvalue weighted by atomic mass is 79.9. The van der Waals surface area contributed by atoms with Crippen molar-refractivity contribution >= 4 is 27.5 Å². The molecule has 0 aliphatic heterocycles. The van der Waals surface area contributed by atoms with Crippen LogP contribution >= 0.6 is 27.5 Å². The van der Waals surface area contributed by atoms with E-state index < -0.39 is 17.7 Å². The standard InChI is InChI=1S/C18H11BrClF3O2/c19-13-5-1-11(2-6-13)10-24-17-15(18(21,22)23)9-16(25-17)12-3-7-14(20)8-4-12/h1-9H,10H2. The number of alkyl halides is 3. The van der Waals surface area contributed by atoms with Gasteiger partial charge in [-0.15, -0.1) is 0 Å². The second-order valence-electron chi connectivity index (χ2n) is 5.23. The molecule has 3 rings (SSSR count). The molecule has 1 heterocycles. The van der Waals surface area contributed by atoms with Crippen molar-refractivity contribution in [1.29, 1.82) is 0 Å². The van der Waals surface area contributed by atoms with Crippen molar-refractivity contribution in [2.45, 2.75) is 12.8 Å². The van der Waals surface area contributed by atoms with Crippen LogP contribution in [0.25, 0.3) is 11.3 Å². The summed E-state index contributed by atoms with van der Waals surface area (Å²) in [5.74, 6) is -0.491. The fourth-order valence-electron chi connectivity index (χ4n) is 2.17. The number of hydrogen-bond donors (Lipinski definition) is 0. The van der Waals surface area contributed by atoms with Crippen LogP contribution < -0.4 is 4.74 Å². The number of ether oxygens (including phenoxy) is 1. The Morgan fingerprint density at radius 1 is 1.00 bits per heavy atom. The first-order valence-corrected chi connectivity index (χ1v) is 8.34. The molecular formula is C18H11BrClF3O2. The zero-order valence-electron chi connectivity index (χ0n) is 12.6. The highest BCUT2D eigenvalue weighted by Crippen LogP contribution is 2.41. The zero-order chi connectivity index (χ0) is 18.0. The minimum atomic E-state index is -4.58. The van der Waals surface area contributed by atoms with E-state index in [0.717, 1.165) is 16.1 Å². The Labute approximate surface area is 155 Å². The van der Waals surface area contributed by atoms with E-state index in [-0.39, 0.29) is 12.4 Å². The lowest BCUT2D eigenvalue weighted by Gasteiger charge is -2.08. The van der Waals surface area contributed by atoms with Gasteiger partial charge in [-0.25, -0.2) is 0 Å². The van der Waals surface area contributed by atoms with Gasteiger partial charge in [0.1, 0.15) is 17.9 Å². The maximum atomic E-state index is 13.3. The highest BCUT2D eigenvalue weighted by Gasteiger charge is 2.38. The fourth-order valence-corrected chi connectivity index (χ4v) is 2.56. The predicted octanol–water partition coefficient (Wildman–Crippen LogP) is 6.96. The van der Waals surface area contributed by atoms with Crippen molar-refractivity contribution in [3.63, 3.8) is 0 Å². The van der Waals surface area contributed by atoms with E-state index >= 15 is 0 Å². The van der Waals surface area contributed by atoms with Crippen LogP contribution in [0.3, 0.4) is 0 Å². The summed E-state index contributed by atoms with van der Waals surface area (Å²) >= 11 is 9.09. The Kier molecular flexibility index (Phi) is 5.11. The van der Waals surface area contributed by atoms with Crippen LogP contribution in [-0.4, -0.2) is 0 Å². The van der Waals surface area contributed by atoms with Crippen molar-refractivity contribution in [3.05, 3.63) is 75.2 Å². The molecule has 0 unspecified atom stereocenters. The Morgan fingerprint density at radius 3 is 2.24 bits per heavy atom. The summed E-state index contributed by atoms with van der Waals surface area (Å²) in [6.45, 7) is -0.0378. The van der Waals surface area contributed by atoms with Gasteiger partial charge in [0.2, 0.25) is 0 Å². The molecule has 2 aromatic carbocycles. The zero-order valence-corrected chi connectivity index (χ0v) is 15.0. The van der Waals surface area contributed by atoms with E-state index in [0.29, 0.717) is 10.6 Å². The third kappa shape index (κ3) is 4.38. The molecule has 0 spiro atoms. The van der Waals surface area contributed by atoms with Gasteiger partial charge < -0.3 is 9.15 Å². The lowest BCUT2D eigenvalue weighted by atomic mass is 10.1. The van der Waals surface area contributed by atoms with Gasteiger partial charge in [0.15, 0.2) is 0 Å². The third-order valence-corrected chi connectivity index (χ3v) is 4.20. The molecule has 25 heavy (non-hydrogen) atoms. The van der Waals surface area contributed by atoms with Gasteiger partial charge in [-0.2, -0.15) is 13.2 Å². The van der Waals surface area contributed by atoms with E-state index in [2.05, 4.69) is 15.9 Å². The van der Waals surface area contributed by atoms with Crippen molar-refractivity contribution < 1.29 is 22.3 Å². The summed E-state index contributed by atoms with van der Waals surface area (Å²) < 4.78 is 51.2. The monoisotopic (exact) mass is 430 g/mol. The molecule has 2 nitrogen and oxygen atoms in total. The van der Waals surface area contributed by atoms with Crippen LogP contribution in [0.2, 0.25) is 5.02 Å². The SMILES string of the molecule is FC(F)(F)c1cc(-c2ccc(Cl)cc2)oc1OCc1ccc(Br)cc1. The highest BCUT2D eigenvalue weighted by molar-refractivity contribution is 9.10. The summed E-state index contributed by atoms with van der Waals surface area (Å²) in [4.78, 5) is 0. The molecule has 0 aliphatic carbocycles. The molecule has 130 valence electrons. The largest absolute Gasteiger partial charge is 0.460 e. The molecule has 1 aromatic heterocycles. The van der Waals surface area contributed by atoms with Crippen LogP contribution in [0, 0.1) is 0 Å². The molecule has 0 fully saturated rings. The molecule has 0 amide bonds. The Bertz CT molecular complexity index is 856. The van der Waals surface area contributed by atoms with Crippen LogP contribution in [0.4, 0.5) is 13.2 Å². The van der Waals surface area contributed by atoms with Gasteiger partial charge >= 0.3 is 6.18 Å². The third-order valence-electron chi connectivity index (χ3n) is 3.42. The van der Waals surface area contributed by atoms with Gasteiger partial charge in [0.25, 0.3) is 5.95 Å². The first-order chi connectivity index (χ1) is 11.8. The molecular weight excluding hydrogens is 421 g/mol. The Hall–Kier alpha value is -1.92. The summed E-state index contributed by atoms with van der Waals surface area (Å²) in [5.41, 5.74) is 0.253. The second kappa shape index (κ2) is 7.14. The number of hydrogen-bond acceptors (Lipinski definition) is 2. The fraction of sp³-hybridized carbons (Fsp3) is 0.111. The van der Waals surface area contributed by atoms with E-state index in [1.54, 1.807) is 48.5 Å². The number of benzene rings is 2. The van der Waals surface area contributed by atoms with E-state index in [1.165, 1.54) is 0 Å². The molecule has 3 aromatic rings. The molecule has 0 saturated carbocycles. The molecule has 0 aliphatic rings. The Morgan fingerprint density at radius 2 is 1.64 bits per heavy atom. The summed E-state index contributed by atoms with van der Waals surface area (Å²) in [6, 6.07) is 14.3. The summed E-state index contributed by atoms with van der Waals surface area (Å²) in [5, 5.41) is 0.484. The van der Waals surface area contributed by atoms with Crippen LogP contribution in [0.1, 0.15) is 11.1 Å². The quantitative estimate of drug-likeness (QED) is 0.445. The molecule has 0 N–H and O–H groups in total. The van der Waals surface area contributed by atoms with Crippen LogP contribution in [0.5, 0.6) is 5.95 Å². The average molecular weight is 432 g/mol. The van der Waals surface area contributed by atoms with E-state index in [9.17, 15) is 13.2 Å². The van der Waals surface area contributed by atoms with E-state index in [1.807, 2.05) is 0 Å². The molecule has 0 bridgehead atoms. The molecule has 0 atom stereocenters. The van der Waals surface area contributed by atoms with Crippen LogP contribution in [-0.2, 0) is 12.8 Å². The van der Waals surface area contributed by atoms with Crippen molar-refractivity contribution in [3.8, 4) is 17.3 Å². The van der Waals surface area contributed by atoms with Gasteiger partial charge in [-0.05, 0) is 42.0 Å². The molecule has 0 radical (unpaired) electrons. The van der Waals surface area contributed by atoms with Crippen molar-refractivity contribution in [1.82, 2.24) is 0 Å². The summed E-state index contributed by atoms with van der Waals surface area (Å²) in [6.07, 6.45) is -4.58. The maximum Gasteiger partial charge on any atom is 0.423 e. The Balaban J connectivity index is 1.88. The first-order valence-electron chi connectivity index (χ1n) is 7.17. The predicted molar refractivity (Wildman–Crippen MR) is 92.6 cm³/mol. The molecule has 7 heteroatoms. The van der Waals surface area contributed by atoms with Gasteiger partial charge in [0.05, 0.1) is 0 Å². The van der Waals surface area contributed by atoms with Crippen LogP contribution in [0.15, 0.2) is 63.5 Å². The minimum absolute atomic E-state index is 0.0378. The number of furan rings is 1. The smallest absolute Gasteiger partial charge is 0.423 e. The lowest BCUT2D eigenvalue weighted by Crippen LogP contribution is -2.06. The molecule has 0 saturated heterocycles. The maximum absolute atomic E-state index is 13.3. The minimum Gasteiger partial charge on any atom is -0.460 e. The summed E-state index contributed by atoms with van der Waals surface area (Å²) in [7, 11) is 0. The first kappa shape index (κ1) is 17.9. The van der Waals surface area contributed by atoms with Gasteiger partial charge in [-0.1, -0.05) is 39.7 Å². The van der Waals surface area contributed by atoms with Gasteiger partial charge in [0, 0.05) is 21.1 Å².